The summed E-state index contributed by atoms with van der Waals surface area (Å²) in [5.41, 5.74) is 7.19. The maximum absolute atomic E-state index is 13.4. The third kappa shape index (κ3) is 2.44. The summed E-state index contributed by atoms with van der Waals surface area (Å²) in [4.78, 5) is 2.11. The Labute approximate surface area is 119 Å². The third-order valence-electron chi connectivity index (χ3n) is 3.64. The first-order valence-electron chi connectivity index (χ1n) is 6.37. The zero-order valence-electron chi connectivity index (χ0n) is 10.5. The number of ether oxygens (including phenoxy) is 2. The molecule has 3 rings (SSSR count). The summed E-state index contributed by atoms with van der Waals surface area (Å²) in [7, 11) is 0. The van der Waals surface area contributed by atoms with Crippen molar-refractivity contribution in [1.29, 1.82) is 0 Å². The predicted octanol–water partition coefficient (Wildman–Crippen LogP) is 2.51. The van der Waals surface area contributed by atoms with Gasteiger partial charge in [0.15, 0.2) is 5.79 Å². The highest BCUT2D eigenvalue weighted by atomic mass is 79.9. The van der Waals surface area contributed by atoms with Crippen LogP contribution in [0, 0.1) is 5.82 Å². The van der Waals surface area contributed by atoms with Crippen molar-refractivity contribution < 1.29 is 13.9 Å². The monoisotopic (exact) mass is 330 g/mol. The number of nitrogens with zero attached hydrogens (tertiary/aromatic N) is 1. The fraction of sp³-hybridized carbons (Fsp3) is 0.538. The number of rotatable bonds is 1. The van der Waals surface area contributed by atoms with Crippen LogP contribution in [0.5, 0.6) is 0 Å². The molecule has 0 amide bonds. The van der Waals surface area contributed by atoms with Gasteiger partial charge in [0.05, 0.1) is 35.6 Å². The summed E-state index contributed by atoms with van der Waals surface area (Å²) in [6.07, 6.45) is 1.86. The van der Waals surface area contributed by atoms with E-state index in [0.29, 0.717) is 29.9 Å². The van der Waals surface area contributed by atoms with Crippen LogP contribution < -0.4 is 10.6 Å². The number of halogens is 2. The first kappa shape index (κ1) is 13.1. The van der Waals surface area contributed by atoms with Crippen LogP contribution in [0.2, 0.25) is 0 Å². The number of nitrogen functional groups attached to an aromatic ring is 1. The van der Waals surface area contributed by atoms with Crippen molar-refractivity contribution in [2.24, 2.45) is 0 Å². The van der Waals surface area contributed by atoms with Crippen molar-refractivity contribution in [1.82, 2.24) is 0 Å². The van der Waals surface area contributed by atoms with Crippen molar-refractivity contribution in [3.05, 3.63) is 22.4 Å². The number of nitrogens with two attached hydrogens (primary N) is 1. The molecule has 0 aromatic heterocycles. The van der Waals surface area contributed by atoms with Gasteiger partial charge in [-0.25, -0.2) is 4.39 Å². The molecule has 2 aliphatic rings. The van der Waals surface area contributed by atoms with Gasteiger partial charge < -0.3 is 20.1 Å². The Balaban J connectivity index is 1.87. The van der Waals surface area contributed by atoms with Crippen LogP contribution in [-0.4, -0.2) is 32.1 Å². The highest BCUT2D eigenvalue weighted by Crippen LogP contribution is 2.36. The summed E-state index contributed by atoms with van der Waals surface area (Å²) in [6.45, 7) is 2.78. The number of piperidine rings is 1. The summed E-state index contributed by atoms with van der Waals surface area (Å²) in [5.74, 6) is -0.854. The molecule has 2 N–H and O–H groups in total. The van der Waals surface area contributed by atoms with Crippen LogP contribution in [-0.2, 0) is 9.47 Å². The molecule has 2 heterocycles. The van der Waals surface area contributed by atoms with Crippen molar-refractivity contribution in [3.8, 4) is 0 Å². The Morgan fingerprint density at radius 3 is 2.79 bits per heavy atom. The molecule has 104 valence electrons. The molecule has 1 aromatic carbocycles. The lowest BCUT2D eigenvalue weighted by molar-refractivity contribution is -0.161. The molecular weight excluding hydrogens is 315 g/mol. The molecule has 0 atom stereocenters. The van der Waals surface area contributed by atoms with Crippen molar-refractivity contribution >= 4 is 27.3 Å². The van der Waals surface area contributed by atoms with Crippen molar-refractivity contribution in [2.45, 2.75) is 18.6 Å². The molecule has 1 aromatic rings. The molecule has 0 radical (unpaired) electrons. The topological polar surface area (TPSA) is 47.7 Å². The number of anilines is 2. The van der Waals surface area contributed by atoms with Crippen LogP contribution >= 0.6 is 15.9 Å². The van der Waals surface area contributed by atoms with Crippen LogP contribution in [0.15, 0.2) is 16.6 Å². The Morgan fingerprint density at radius 1 is 1.32 bits per heavy atom. The largest absolute Gasteiger partial charge is 0.397 e. The minimum Gasteiger partial charge on any atom is -0.397 e. The molecule has 2 fully saturated rings. The molecule has 0 aliphatic carbocycles. The Morgan fingerprint density at radius 2 is 2.05 bits per heavy atom. The zero-order valence-corrected chi connectivity index (χ0v) is 12.1. The second kappa shape index (κ2) is 4.92. The lowest BCUT2D eigenvalue weighted by Crippen LogP contribution is -2.49. The standard InChI is InChI=1S/C13H16BrFN2O2/c14-9-6-12(11(16)7-10(9)15)17-3-1-2-13(8-17)18-4-5-19-13/h6-7H,1-5,8,16H2. The highest BCUT2D eigenvalue weighted by Gasteiger charge is 2.41. The van der Waals surface area contributed by atoms with Crippen molar-refractivity contribution in [3.63, 3.8) is 0 Å². The average Bonchev–Trinajstić information content (AvgIpc) is 2.82. The van der Waals surface area contributed by atoms with E-state index in [1.807, 2.05) is 0 Å². The van der Waals surface area contributed by atoms with E-state index in [-0.39, 0.29) is 5.82 Å². The van der Waals surface area contributed by atoms with Crippen LogP contribution in [0.25, 0.3) is 0 Å². The summed E-state index contributed by atoms with van der Waals surface area (Å²) in [6, 6.07) is 3.07. The quantitative estimate of drug-likeness (QED) is 0.804. The van der Waals surface area contributed by atoms with Gasteiger partial charge in [0.1, 0.15) is 5.82 Å². The minimum absolute atomic E-state index is 0.346. The molecule has 0 bridgehead atoms. The van der Waals surface area contributed by atoms with E-state index < -0.39 is 5.79 Å². The van der Waals surface area contributed by atoms with Gasteiger partial charge in [-0.1, -0.05) is 0 Å². The molecular formula is C13H16BrFN2O2. The molecule has 0 unspecified atom stereocenters. The maximum atomic E-state index is 13.4. The molecule has 2 aliphatic heterocycles. The Kier molecular flexibility index (Phi) is 3.41. The lowest BCUT2D eigenvalue weighted by Gasteiger charge is -2.40. The van der Waals surface area contributed by atoms with E-state index in [2.05, 4.69) is 20.8 Å². The van der Waals surface area contributed by atoms with Crippen LogP contribution in [0.1, 0.15) is 12.8 Å². The smallest absolute Gasteiger partial charge is 0.186 e. The minimum atomic E-state index is -0.508. The van der Waals surface area contributed by atoms with E-state index in [1.54, 1.807) is 6.07 Å². The first-order chi connectivity index (χ1) is 9.10. The lowest BCUT2D eigenvalue weighted by atomic mass is 10.0. The number of hydrogen-bond donors (Lipinski definition) is 1. The predicted molar refractivity (Wildman–Crippen MR) is 74.6 cm³/mol. The fourth-order valence-corrected chi connectivity index (χ4v) is 3.08. The van der Waals surface area contributed by atoms with E-state index in [9.17, 15) is 4.39 Å². The third-order valence-corrected chi connectivity index (χ3v) is 4.25. The Hall–Kier alpha value is -0.850. The van der Waals surface area contributed by atoms with Gasteiger partial charge in [-0.3, -0.25) is 0 Å². The number of benzene rings is 1. The molecule has 6 heteroatoms. The summed E-state index contributed by atoms with van der Waals surface area (Å²) in [5, 5.41) is 0. The zero-order chi connectivity index (χ0) is 13.5. The van der Waals surface area contributed by atoms with Crippen LogP contribution in [0.4, 0.5) is 15.8 Å². The molecule has 0 saturated carbocycles. The maximum Gasteiger partial charge on any atom is 0.186 e. The van der Waals surface area contributed by atoms with E-state index >= 15 is 0 Å². The second-order valence-corrected chi connectivity index (χ2v) is 5.81. The molecule has 2 saturated heterocycles. The van der Waals surface area contributed by atoms with Crippen LogP contribution in [0.3, 0.4) is 0 Å². The SMILES string of the molecule is Nc1cc(F)c(Br)cc1N1CCCC2(C1)OCCO2. The number of hydrogen-bond acceptors (Lipinski definition) is 4. The summed E-state index contributed by atoms with van der Waals surface area (Å²) >= 11 is 3.20. The van der Waals surface area contributed by atoms with Gasteiger partial charge in [0.2, 0.25) is 0 Å². The summed E-state index contributed by atoms with van der Waals surface area (Å²) < 4.78 is 25.3. The van der Waals surface area contributed by atoms with E-state index in [1.165, 1.54) is 6.07 Å². The van der Waals surface area contributed by atoms with Gasteiger partial charge in [0, 0.05) is 19.0 Å². The Bertz CT molecular complexity index is 492. The average molecular weight is 331 g/mol. The highest BCUT2D eigenvalue weighted by molar-refractivity contribution is 9.10. The van der Waals surface area contributed by atoms with Crippen molar-refractivity contribution in [2.75, 3.05) is 36.9 Å². The van der Waals surface area contributed by atoms with Gasteiger partial charge in [-0.15, -0.1) is 0 Å². The van der Waals surface area contributed by atoms with Gasteiger partial charge in [-0.05, 0) is 28.4 Å². The van der Waals surface area contributed by atoms with Gasteiger partial charge >= 0.3 is 0 Å². The van der Waals surface area contributed by atoms with Gasteiger partial charge in [-0.2, -0.15) is 0 Å². The second-order valence-electron chi connectivity index (χ2n) is 4.96. The molecule has 19 heavy (non-hydrogen) atoms. The molecule has 1 spiro atoms. The van der Waals surface area contributed by atoms with E-state index in [4.69, 9.17) is 15.2 Å². The first-order valence-corrected chi connectivity index (χ1v) is 7.16. The van der Waals surface area contributed by atoms with E-state index in [0.717, 1.165) is 25.1 Å². The molecule has 4 nitrogen and oxygen atoms in total. The normalized spacial score (nSPS) is 22.1. The van der Waals surface area contributed by atoms with Gasteiger partial charge in [0.25, 0.3) is 0 Å². The fourth-order valence-electron chi connectivity index (χ4n) is 2.75.